The number of nitrogens with zero attached hydrogens (tertiary/aromatic N) is 5. The number of aryl methyl sites for hydroxylation is 2. The van der Waals surface area contributed by atoms with E-state index in [4.69, 9.17) is 4.74 Å². The van der Waals surface area contributed by atoms with Gasteiger partial charge >= 0.3 is 0 Å². The third-order valence-electron chi connectivity index (χ3n) is 3.88. The van der Waals surface area contributed by atoms with Gasteiger partial charge in [0.25, 0.3) is 0 Å². The molecule has 0 atom stereocenters. The van der Waals surface area contributed by atoms with Crippen LogP contribution in [0.4, 0.5) is 5.69 Å². The van der Waals surface area contributed by atoms with Gasteiger partial charge in [-0.15, -0.1) is 10.2 Å². The number of nitrogens with one attached hydrogen (secondary N) is 1. The Balaban J connectivity index is 1.91. The first-order valence-electron chi connectivity index (χ1n) is 7.57. The van der Waals surface area contributed by atoms with Crippen LogP contribution in [-0.4, -0.2) is 31.9 Å². The number of rotatable bonds is 5. The lowest BCUT2D eigenvalue weighted by molar-refractivity contribution is 0.407. The molecule has 0 bridgehead atoms. The monoisotopic (exact) mass is 312 g/mol. The Labute approximate surface area is 134 Å². The Bertz CT molecular complexity index is 842. The molecule has 23 heavy (non-hydrogen) atoms. The van der Waals surface area contributed by atoms with Crippen LogP contribution in [-0.2, 0) is 13.0 Å². The fraction of sp³-hybridized carbons (Fsp3) is 0.375. The van der Waals surface area contributed by atoms with Crippen LogP contribution in [0.15, 0.2) is 18.6 Å². The zero-order valence-electron chi connectivity index (χ0n) is 13.8. The Kier molecular flexibility index (Phi) is 4.10. The molecule has 0 aliphatic rings. The molecular formula is C16H20N6O. The number of fused-ring (bicyclic) bond motifs is 1. The molecule has 3 rings (SSSR count). The molecule has 3 aromatic rings. The van der Waals surface area contributed by atoms with Crippen LogP contribution in [0.5, 0.6) is 5.75 Å². The van der Waals surface area contributed by atoms with E-state index in [2.05, 4.69) is 32.5 Å². The number of pyridine rings is 1. The van der Waals surface area contributed by atoms with Crippen molar-refractivity contribution in [2.24, 2.45) is 0 Å². The van der Waals surface area contributed by atoms with E-state index in [1.165, 1.54) is 0 Å². The van der Waals surface area contributed by atoms with Gasteiger partial charge in [0.05, 0.1) is 30.7 Å². The summed E-state index contributed by atoms with van der Waals surface area (Å²) < 4.78 is 7.15. The average Bonchev–Trinajstić information content (AvgIpc) is 3.02. The molecule has 0 fully saturated rings. The second-order valence-electron chi connectivity index (χ2n) is 5.40. The standard InChI is InChI=1S/C16H20N6O/c1-5-12-6-13(16-20-19-9-22(16)21-12)18-8-14-11(3)15(23-4)10(2)7-17-14/h6-7,9,18H,5,8H2,1-4H3. The van der Waals surface area contributed by atoms with Gasteiger partial charge in [0.15, 0.2) is 0 Å². The van der Waals surface area contributed by atoms with Crippen LogP contribution in [0.1, 0.15) is 29.4 Å². The van der Waals surface area contributed by atoms with Crippen LogP contribution in [0.25, 0.3) is 5.65 Å². The fourth-order valence-electron chi connectivity index (χ4n) is 2.61. The number of hydrogen-bond donors (Lipinski definition) is 1. The quantitative estimate of drug-likeness (QED) is 0.779. The lowest BCUT2D eigenvalue weighted by Gasteiger charge is -2.13. The maximum Gasteiger partial charge on any atom is 0.200 e. The van der Waals surface area contributed by atoms with Crippen molar-refractivity contribution in [3.63, 3.8) is 0 Å². The summed E-state index contributed by atoms with van der Waals surface area (Å²) in [4.78, 5) is 4.51. The minimum Gasteiger partial charge on any atom is -0.496 e. The van der Waals surface area contributed by atoms with Gasteiger partial charge in [-0.2, -0.15) is 9.61 Å². The molecule has 0 aromatic carbocycles. The lowest BCUT2D eigenvalue weighted by atomic mass is 10.1. The van der Waals surface area contributed by atoms with Crippen LogP contribution < -0.4 is 10.1 Å². The highest BCUT2D eigenvalue weighted by molar-refractivity contribution is 5.66. The Morgan fingerprint density at radius 3 is 2.87 bits per heavy atom. The normalized spacial score (nSPS) is 11.0. The van der Waals surface area contributed by atoms with Gasteiger partial charge in [-0.05, 0) is 26.3 Å². The van der Waals surface area contributed by atoms with E-state index in [0.717, 1.165) is 40.4 Å². The summed E-state index contributed by atoms with van der Waals surface area (Å²) >= 11 is 0. The van der Waals surface area contributed by atoms with Crippen molar-refractivity contribution < 1.29 is 4.74 Å². The highest BCUT2D eigenvalue weighted by Gasteiger charge is 2.11. The third kappa shape index (κ3) is 2.81. The average molecular weight is 312 g/mol. The highest BCUT2D eigenvalue weighted by Crippen LogP contribution is 2.25. The predicted molar refractivity (Wildman–Crippen MR) is 87.7 cm³/mol. The van der Waals surface area contributed by atoms with Crippen molar-refractivity contribution in [3.05, 3.63) is 41.1 Å². The molecule has 0 radical (unpaired) electrons. The Hall–Kier alpha value is -2.70. The molecule has 0 aliphatic heterocycles. The molecule has 0 amide bonds. The zero-order valence-corrected chi connectivity index (χ0v) is 13.8. The molecule has 0 unspecified atom stereocenters. The van der Waals surface area contributed by atoms with E-state index < -0.39 is 0 Å². The molecule has 1 N–H and O–H groups in total. The van der Waals surface area contributed by atoms with Crippen molar-refractivity contribution in [1.82, 2.24) is 24.8 Å². The van der Waals surface area contributed by atoms with Crippen LogP contribution in [0.2, 0.25) is 0 Å². The molecule has 0 saturated heterocycles. The molecule has 7 nitrogen and oxygen atoms in total. The van der Waals surface area contributed by atoms with Gasteiger partial charge in [0, 0.05) is 17.3 Å². The van der Waals surface area contributed by atoms with E-state index >= 15 is 0 Å². The molecule has 0 saturated carbocycles. The van der Waals surface area contributed by atoms with Gasteiger partial charge in [-0.25, -0.2) is 0 Å². The van der Waals surface area contributed by atoms with Crippen molar-refractivity contribution in [1.29, 1.82) is 0 Å². The predicted octanol–water partition coefficient (Wildman–Crippen LogP) is 2.32. The first-order valence-corrected chi connectivity index (χ1v) is 7.57. The Morgan fingerprint density at radius 1 is 1.30 bits per heavy atom. The molecule has 7 heteroatoms. The summed E-state index contributed by atoms with van der Waals surface area (Å²) in [5.41, 5.74) is 5.60. The van der Waals surface area contributed by atoms with E-state index in [9.17, 15) is 0 Å². The summed E-state index contributed by atoms with van der Waals surface area (Å²) in [6.07, 6.45) is 4.29. The lowest BCUT2D eigenvalue weighted by Crippen LogP contribution is -2.08. The zero-order chi connectivity index (χ0) is 16.4. The van der Waals surface area contributed by atoms with Crippen molar-refractivity contribution >= 4 is 11.3 Å². The van der Waals surface area contributed by atoms with Gasteiger partial charge < -0.3 is 10.1 Å². The summed E-state index contributed by atoms with van der Waals surface area (Å²) in [5, 5.41) is 15.9. The molecule has 0 aliphatic carbocycles. The maximum absolute atomic E-state index is 5.46. The number of methoxy groups -OCH3 is 1. The van der Waals surface area contributed by atoms with Crippen molar-refractivity contribution in [2.75, 3.05) is 12.4 Å². The van der Waals surface area contributed by atoms with Crippen molar-refractivity contribution in [3.8, 4) is 5.75 Å². The first kappa shape index (κ1) is 15.2. The smallest absolute Gasteiger partial charge is 0.200 e. The summed E-state index contributed by atoms with van der Waals surface area (Å²) in [7, 11) is 1.68. The molecule has 0 spiro atoms. The molecule has 120 valence electrons. The van der Waals surface area contributed by atoms with E-state index in [-0.39, 0.29) is 0 Å². The topological polar surface area (TPSA) is 77.2 Å². The van der Waals surface area contributed by atoms with Gasteiger partial charge in [-0.3, -0.25) is 4.98 Å². The van der Waals surface area contributed by atoms with Crippen LogP contribution in [0, 0.1) is 13.8 Å². The number of aromatic nitrogens is 5. The van der Waals surface area contributed by atoms with Crippen molar-refractivity contribution in [2.45, 2.75) is 33.7 Å². The summed E-state index contributed by atoms with van der Waals surface area (Å²) in [5.74, 6) is 0.883. The highest BCUT2D eigenvalue weighted by atomic mass is 16.5. The number of anilines is 1. The molecule has 3 aromatic heterocycles. The first-order chi connectivity index (χ1) is 11.1. The minimum atomic E-state index is 0.582. The minimum absolute atomic E-state index is 0.582. The van der Waals surface area contributed by atoms with Gasteiger partial charge in [0.1, 0.15) is 12.1 Å². The molecule has 3 heterocycles. The summed E-state index contributed by atoms with van der Waals surface area (Å²) in [6, 6.07) is 2.00. The Morgan fingerprint density at radius 2 is 2.13 bits per heavy atom. The number of ether oxygens (including phenoxy) is 1. The third-order valence-corrected chi connectivity index (χ3v) is 3.88. The summed E-state index contributed by atoms with van der Waals surface area (Å²) in [6.45, 7) is 6.66. The van der Waals surface area contributed by atoms with E-state index in [1.807, 2.05) is 26.1 Å². The maximum atomic E-state index is 5.46. The second-order valence-corrected chi connectivity index (χ2v) is 5.40. The second kappa shape index (κ2) is 6.20. The van der Waals surface area contributed by atoms with E-state index in [1.54, 1.807) is 18.0 Å². The van der Waals surface area contributed by atoms with Gasteiger partial charge in [0.2, 0.25) is 5.65 Å². The van der Waals surface area contributed by atoms with Crippen LogP contribution >= 0.6 is 0 Å². The van der Waals surface area contributed by atoms with E-state index in [0.29, 0.717) is 12.2 Å². The fourth-order valence-corrected chi connectivity index (χ4v) is 2.61. The van der Waals surface area contributed by atoms with Gasteiger partial charge in [-0.1, -0.05) is 6.92 Å². The molecular weight excluding hydrogens is 292 g/mol. The SMILES string of the molecule is CCc1cc(NCc2ncc(C)c(OC)c2C)c2nncn2n1. The number of hydrogen-bond acceptors (Lipinski definition) is 6. The van der Waals surface area contributed by atoms with Crippen LogP contribution in [0.3, 0.4) is 0 Å². The largest absolute Gasteiger partial charge is 0.496 e.